The maximum Gasteiger partial charge on any atom is 0.387 e. The van der Waals surface area contributed by atoms with Gasteiger partial charge in [-0.25, -0.2) is 0 Å². The number of hydrogen-bond donors (Lipinski definition) is 0. The molecule has 0 bridgehead atoms. The van der Waals surface area contributed by atoms with Crippen LogP contribution in [0.4, 0.5) is 17.6 Å². The van der Waals surface area contributed by atoms with E-state index in [2.05, 4.69) is 4.74 Å². The molecule has 88 valence electrons. The fourth-order valence-electron chi connectivity index (χ4n) is 0.977. The van der Waals surface area contributed by atoms with Crippen LogP contribution in [0.25, 0.3) is 0 Å². The fraction of sp³-hybridized carbons (Fsp3) is 0.222. The van der Waals surface area contributed by atoms with Crippen molar-refractivity contribution in [1.29, 1.82) is 0 Å². The number of ether oxygens (including phenoxy) is 1. The summed E-state index contributed by atoms with van der Waals surface area (Å²) in [6.45, 7) is -3.07. The van der Waals surface area contributed by atoms with Crippen LogP contribution < -0.4 is 4.74 Å². The average Bonchev–Trinajstić information content (AvgIpc) is 2.14. The first-order valence-electron chi connectivity index (χ1n) is 3.97. The van der Waals surface area contributed by atoms with Gasteiger partial charge in [-0.1, -0.05) is 12.1 Å². The Balaban J connectivity index is 2.95. The molecular weight excluding hydrogens is 296 g/mol. The van der Waals surface area contributed by atoms with Gasteiger partial charge in [0, 0.05) is 5.56 Å². The summed E-state index contributed by atoms with van der Waals surface area (Å²) in [6.07, 6.45) is 0. The Labute approximate surface area is 96.3 Å². The molecule has 0 spiro atoms. The van der Waals surface area contributed by atoms with Crippen molar-refractivity contribution in [3.8, 4) is 5.75 Å². The number of alkyl halides is 5. The SMILES string of the molecule is O=C(c1cccc(OC(F)F)c1)C(F)(F)Br. The molecular formula is C9H5BrF4O2. The molecule has 16 heavy (non-hydrogen) atoms. The van der Waals surface area contributed by atoms with Crippen LogP contribution in [0.2, 0.25) is 0 Å². The first-order chi connectivity index (χ1) is 7.30. The van der Waals surface area contributed by atoms with Crippen LogP contribution in [0.1, 0.15) is 10.4 Å². The van der Waals surface area contributed by atoms with Crippen LogP contribution in [0.15, 0.2) is 24.3 Å². The Kier molecular flexibility index (Phi) is 3.90. The van der Waals surface area contributed by atoms with Gasteiger partial charge in [0.1, 0.15) is 5.75 Å². The monoisotopic (exact) mass is 300 g/mol. The lowest BCUT2D eigenvalue weighted by atomic mass is 10.1. The van der Waals surface area contributed by atoms with Gasteiger partial charge in [-0.3, -0.25) is 4.79 Å². The van der Waals surface area contributed by atoms with Crippen LogP contribution >= 0.6 is 15.9 Å². The summed E-state index contributed by atoms with van der Waals surface area (Å²) >= 11 is 1.88. The van der Waals surface area contributed by atoms with E-state index >= 15 is 0 Å². The second-order valence-corrected chi connectivity index (χ2v) is 3.73. The molecule has 0 aliphatic rings. The lowest BCUT2D eigenvalue weighted by Crippen LogP contribution is -2.20. The van der Waals surface area contributed by atoms with Crippen LogP contribution in [-0.2, 0) is 0 Å². The van der Waals surface area contributed by atoms with Gasteiger partial charge in [0.25, 0.3) is 0 Å². The van der Waals surface area contributed by atoms with Crippen molar-refractivity contribution in [2.24, 2.45) is 0 Å². The predicted octanol–water partition coefficient (Wildman–Crippen LogP) is 3.46. The Morgan fingerprint density at radius 3 is 2.50 bits per heavy atom. The topological polar surface area (TPSA) is 26.3 Å². The normalized spacial score (nSPS) is 11.6. The van der Waals surface area contributed by atoms with Crippen molar-refractivity contribution in [2.45, 2.75) is 11.4 Å². The maximum atomic E-state index is 12.6. The zero-order chi connectivity index (χ0) is 12.3. The summed E-state index contributed by atoms with van der Waals surface area (Å²) in [5, 5.41) is 0. The van der Waals surface area contributed by atoms with E-state index in [1.54, 1.807) is 0 Å². The van der Waals surface area contributed by atoms with Crippen LogP contribution in [-0.4, -0.2) is 17.2 Å². The molecule has 1 aromatic carbocycles. The molecule has 0 aliphatic carbocycles. The van der Waals surface area contributed by atoms with Crippen molar-refractivity contribution < 1.29 is 27.1 Å². The third-order valence-electron chi connectivity index (χ3n) is 1.58. The Morgan fingerprint density at radius 2 is 2.00 bits per heavy atom. The van der Waals surface area contributed by atoms with Gasteiger partial charge in [0.05, 0.1) is 0 Å². The first-order valence-corrected chi connectivity index (χ1v) is 4.76. The largest absolute Gasteiger partial charge is 0.435 e. The zero-order valence-corrected chi connectivity index (χ0v) is 9.18. The molecule has 0 aromatic heterocycles. The molecule has 0 aliphatic heterocycles. The molecule has 0 amide bonds. The van der Waals surface area contributed by atoms with Crippen molar-refractivity contribution in [1.82, 2.24) is 0 Å². The fourth-order valence-corrected chi connectivity index (χ4v) is 1.21. The van der Waals surface area contributed by atoms with E-state index in [0.717, 1.165) is 18.2 Å². The molecule has 0 radical (unpaired) electrons. The quantitative estimate of drug-likeness (QED) is 0.483. The minimum atomic E-state index is -3.73. The zero-order valence-electron chi connectivity index (χ0n) is 7.59. The Bertz CT molecular complexity index is 389. The lowest BCUT2D eigenvalue weighted by molar-refractivity contribution is -0.0498. The smallest absolute Gasteiger partial charge is 0.387 e. The highest BCUT2D eigenvalue weighted by molar-refractivity contribution is 9.10. The second-order valence-electron chi connectivity index (χ2n) is 2.73. The van der Waals surface area contributed by atoms with Gasteiger partial charge >= 0.3 is 11.4 Å². The molecule has 1 rings (SSSR count). The summed E-state index contributed by atoms with van der Waals surface area (Å²) in [7, 11) is 0. The number of ketones is 1. The molecule has 0 saturated carbocycles. The van der Waals surface area contributed by atoms with E-state index < -0.39 is 22.8 Å². The number of Topliss-reactive ketones (excluding diaryl/α,β-unsaturated/α-hetero) is 1. The van der Waals surface area contributed by atoms with E-state index in [1.807, 2.05) is 15.9 Å². The van der Waals surface area contributed by atoms with Crippen molar-refractivity contribution in [3.63, 3.8) is 0 Å². The van der Waals surface area contributed by atoms with Gasteiger partial charge in [0.15, 0.2) is 0 Å². The number of carbonyl (C=O) groups is 1. The Hall–Kier alpha value is -1.11. The predicted molar refractivity (Wildman–Crippen MR) is 51.3 cm³/mol. The highest BCUT2D eigenvalue weighted by Crippen LogP contribution is 2.28. The number of carbonyl (C=O) groups excluding carboxylic acids is 1. The van der Waals surface area contributed by atoms with Gasteiger partial charge in [-0.2, -0.15) is 17.6 Å². The molecule has 0 unspecified atom stereocenters. The van der Waals surface area contributed by atoms with Gasteiger partial charge in [0.2, 0.25) is 5.78 Å². The molecule has 2 nitrogen and oxygen atoms in total. The van der Waals surface area contributed by atoms with Crippen LogP contribution in [0.3, 0.4) is 0 Å². The number of rotatable bonds is 4. The molecule has 0 N–H and O–H groups in total. The van der Waals surface area contributed by atoms with Gasteiger partial charge in [-0.15, -0.1) is 0 Å². The molecule has 0 fully saturated rings. The number of halogens is 5. The maximum absolute atomic E-state index is 12.6. The molecule has 0 saturated heterocycles. The summed E-state index contributed by atoms with van der Waals surface area (Å²) in [6, 6.07) is 4.21. The van der Waals surface area contributed by atoms with E-state index in [-0.39, 0.29) is 5.75 Å². The summed E-state index contributed by atoms with van der Waals surface area (Å²) in [4.78, 5) is 7.34. The Morgan fingerprint density at radius 1 is 1.38 bits per heavy atom. The summed E-state index contributed by atoms with van der Waals surface area (Å²) < 4.78 is 52.8. The van der Waals surface area contributed by atoms with Crippen molar-refractivity contribution >= 4 is 21.7 Å². The highest BCUT2D eigenvalue weighted by atomic mass is 79.9. The highest BCUT2D eigenvalue weighted by Gasteiger charge is 2.35. The van der Waals surface area contributed by atoms with Crippen LogP contribution in [0.5, 0.6) is 5.75 Å². The number of hydrogen-bond acceptors (Lipinski definition) is 2. The van der Waals surface area contributed by atoms with Gasteiger partial charge < -0.3 is 4.74 Å². The molecule has 1 aromatic rings. The molecule has 7 heteroatoms. The van der Waals surface area contributed by atoms with E-state index in [9.17, 15) is 22.4 Å². The van der Waals surface area contributed by atoms with Crippen LogP contribution in [0, 0.1) is 0 Å². The second kappa shape index (κ2) is 4.82. The molecule has 0 heterocycles. The van der Waals surface area contributed by atoms with E-state index in [4.69, 9.17) is 0 Å². The number of benzene rings is 1. The summed E-state index contributed by atoms with van der Waals surface area (Å²) in [5.41, 5.74) is -0.417. The minimum absolute atomic E-state index is 0.349. The standard InChI is InChI=1S/C9H5BrF4O2/c10-9(13,14)7(15)5-2-1-3-6(4-5)16-8(11)12/h1-4,8H. The van der Waals surface area contributed by atoms with Gasteiger partial charge in [-0.05, 0) is 28.1 Å². The molecule has 0 atom stereocenters. The van der Waals surface area contributed by atoms with E-state index in [1.165, 1.54) is 6.07 Å². The minimum Gasteiger partial charge on any atom is -0.435 e. The van der Waals surface area contributed by atoms with Crippen molar-refractivity contribution in [3.05, 3.63) is 29.8 Å². The summed E-state index contributed by atoms with van der Waals surface area (Å²) in [5.74, 6) is -1.87. The van der Waals surface area contributed by atoms with Crippen molar-refractivity contribution in [2.75, 3.05) is 0 Å². The van der Waals surface area contributed by atoms with E-state index in [0.29, 0.717) is 0 Å². The third-order valence-corrected chi connectivity index (χ3v) is 1.94. The third kappa shape index (κ3) is 3.48. The lowest BCUT2D eigenvalue weighted by Gasteiger charge is -2.09. The average molecular weight is 301 g/mol. The first kappa shape index (κ1) is 13.0.